The Bertz CT molecular complexity index is 701. The largest absolute Gasteiger partial charge is 0.496 e. The van der Waals surface area contributed by atoms with E-state index in [-0.39, 0.29) is 11.9 Å². The van der Waals surface area contributed by atoms with Gasteiger partial charge in [0.1, 0.15) is 5.75 Å². The number of piperidine rings is 3. The Balaban J connectivity index is 1.64. The molecule has 5 heteroatoms. The number of aromatic amines is 1. The Morgan fingerprint density at radius 3 is 2.82 bits per heavy atom. The van der Waals surface area contributed by atoms with Crippen LogP contribution in [0.25, 0.3) is 10.9 Å². The minimum Gasteiger partial charge on any atom is -0.496 e. The van der Waals surface area contributed by atoms with Gasteiger partial charge < -0.3 is 19.9 Å². The number of methoxy groups -OCH3 is 1. The van der Waals surface area contributed by atoms with Crippen molar-refractivity contribution in [1.29, 1.82) is 0 Å². The van der Waals surface area contributed by atoms with Gasteiger partial charge in [-0.15, -0.1) is 0 Å². The molecule has 3 saturated heterocycles. The van der Waals surface area contributed by atoms with Crippen LogP contribution in [-0.2, 0) is 0 Å². The molecule has 3 aliphatic rings. The fourth-order valence-electron chi connectivity index (χ4n) is 3.89. The first-order valence-electron chi connectivity index (χ1n) is 7.93. The van der Waals surface area contributed by atoms with E-state index < -0.39 is 0 Å². The highest BCUT2D eigenvalue weighted by molar-refractivity contribution is 6.09. The zero-order valence-electron chi connectivity index (χ0n) is 12.8. The van der Waals surface area contributed by atoms with E-state index in [2.05, 4.69) is 15.2 Å². The number of nitrogens with one attached hydrogen (secondary N) is 2. The highest BCUT2D eigenvalue weighted by Gasteiger charge is 2.35. The molecule has 2 aromatic rings. The second-order valence-electron chi connectivity index (χ2n) is 6.30. The first-order chi connectivity index (χ1) is 10.8. The Hall–Kier alpha value is -2.01. The lowest BCUT2D eigenvalue weighted by Gasteiger charge is -2.44. The summed E-state index contributed by atoms with van der Waals surface area (Å²) in [6, 6.07) is 5.99. The molecule has 1 aromatic carbocycles. The molecule has 1 aromatic heterocycles. The van der Waals surface area contributed by atoms with Crippen molar-refractivity contribution in [1.82, 2.24) is 15.2 Å². The van der Waals surface area contributed by atoms with Gasteiger partial charge in [-0.2, -0.15) is 0 Å². The first-order valence-corrected chi connectivity index (χ1v) is 7.93. The topological polar surface area (TPSA) is 57.4 Å². The van der Waals surface area contributed by atoms with Gasteiger partial charge in [-0.05, 0) is 50.0 Å². The highest BCUT2D eigenvalue weighted by Crippen LogP contribution is 2.30. The SMILES string of the molecule is COc1ccc2[nH]ccc2c1C(=O)NC1CN2CCC1CC2. The van der Waals surface area contributed by atoms with E-state index >= 15 is 0 Å². The molecular formula is C17H21N3O2. The van der Waals surface area contributed by atoms with Gasteiger partial charge in [-0.25, -0.2) is 0 Å². The molecule has 0 spiro atoms. The fourth-order valence-corrected chi connectivity index (χ4v) is 3.89. The van der Waals surface area contributed by atoms with Crippen LogP contribution < -0.4 is 10.1 Å². The summed E-state index contributed by atoms with van der Waals surface area (Å²) in [5.41, 5.74) is 1.59. The molecular weight excluding hydrogens is 278 g/mol. The van der Waals surface area contributed by atoms with E-state index in [1.807, 2.05) is 24.4 Å². The zero-order valence-corrected chi connectivity index (χ0v) is 12.8. The summed E-state index contributed by atoms with van der Waals surface area (Å²) in [4.78, 5) is 18.5. The van der Waals surface area contributed by atoms with Crippen molar-refractivity contribution in [3.8, 4) is 5.75 Å². The molecule has 5 rings (SSSR count). The van der Waals surface area contributed by atoms with Gasteiger partial charge in [0.2, 0.25) is 0 Å². The number of hydrogen-bond donors (Lipinski definition) is 2. The van der Waals surface area contributed by atoms with Crippen LogP contribution in [0.5, 0.6) is 5.75 Å². The summed E-state index contributed by atoms with van der Waals surface area (Å²) < 4.78 is 5.41. The van der Waals surface area contributed by atoms with E-state index in [1.54, 1.807) is 7.11 Å². The molecule has 0 saturated carbocycles. The van der Waals surface area contributed by atoms with Crippen molar-refractivity contribution >= 4 is 16.8 Å². The molecule has 0 radical (unpaired) electrons. The van der Waals surface area contributed by atoms with Gasteiger partial charge >= 0.3 is 0 Å². The second kappa shape index (κ2) is 5.32. The Kier molecular flexibility index (Phi) is 3.30. The number of carbonyl (C=O) groups excluding carboxylic acids is 1. The summed E-state index contributed by atoms with van der Waals surface area (Å²) in [5, 5.41) is 4.16. The smallest absolute Gasteiger partial charge is 0.256 e. The second-order valence-corrected chi connectivity index (χ2v) is 6.30. The van der Waals surface area contributed by atoms with Gasteiger partial charge in [0.25, 0.3) is 5.91 Å². The van der Waals surface area contributed by atoms with Crippen LogP contribution in [-0.4, -0.2) is 48.6 Å². The molecule has 4 heterocycles. The van der Waals surface area contributed by atoms with Crippen LogP contribution in [0.4, 0.5) is 0 Å². The lowest BCUT2D eigenvalue weighted by atomic mass is 9.84. The highest BCUT2D eigenvalue weighted by atomic mass is 16.5. The number of hydrogen-bond acceptors (Lipinski definition) is 3. The van der Waals surface area contributed by atoms with Crippen LogP contribution in [0.1, 0.15) is 23.2 Å². The van der Waals surface area contributed by atoms with E-state index in [1.165, 1.54) is 25.9 Å². The molecule has 0 aliphatic carbocycles. The lowest BCUT2D eigenvalue weighted by Crippen LogP contribution is -2.57. The predicted octanol–water partition coefficient (Wildman–Crippen LogP) is 2.00. The molecule has 116 valence electrons. The molecule has 2 bridgehead atoms. The van der Waals surface area contributed by atoms with Gasteiger partial charge in [0, 0.05) is 29.7 Å². The Morgan fingerprint density at radius 1 is 1.32 bits per heavy atom. The summed E-state index contributed by atoms with van der Waals surface area (Å²) >= 11 is 0. The normalized spacial score (nSPS) is 27.0. The van der Waals surface area contributed by atoms with E-state index in [0.717, 1.165) is 17.4 Å². The Labute approximate surface area is 129 Å². The average molecular weight is 299 g/mol. The lowest BCUT2D eigenvalue weighted by molar-refractivity contribution is 0.0620. The summed E-state index contributed by atoms with van der Waals surface area (Å²) in [6.07, 6.45) is 4.24. The summed E-state index contributed by atoms with van der Waals surface area (Å²) in [7, 11) is 1.61. The Morgan fingerprint density at radius 2 is 2.14 bits per heavy atom. The third-order valence-electron chi connectivity index (χ3n) is 5.12. The number of nitrogens with zero attached hydrogens (tertiary/aromatic N) is 1. The van der Waals surface area contributed by atoms with E-state index in [9.17, 15) is 4.79 Å². The predicted molar refractivity (Wildman–Crippen MR) is 85.3 cm³/mol. The molecule has 5 nitrogen and oxygen atoms in total. The van der Waals surface area contributed by atoms with Crippen LogP contribution >= 0.6 is 0 Å². The summed E-state index contributed by atoms with van der Waals surface area (Å²) in [6.45, 7) is 3.32. The van der Waals surface area contributed by atoms with Crippen LogP contribution in [0.3, 0.4) is 0 Å². The minimum absolute atomic E-state index is 0.0270. The fraction of sp³-hybridized carbons (Fsp3) is 0.471. The number of carbonyl (C=O) groups is 1. The maximum absolute atomic E-state index is 12.9. The molecule has 1 unspecified atom stereocenters. The van der Waals surface area contributed by atoms with Crippen molar-refractivity contribution in [2.75, 3.05) is 26.7 Å². The molecule has 3 aliphatic heterocycles. The number of H-pyrrole nitrogens is 1. The van der Waals surface area contributed by atoms with Crippen molar-refractivity contribution < 1.29 is 9.53 Å². The number of aromatic nitrogens is 1. The van der Waals surface area contributed by atoms with E-state index in [4.69, 9.17) is 4.74 Å². The minimum atomic E-state index is -0.0270. The third kappa shape index (κ3) is 2.16. The zero-order chi connectivity index (χ0) is 15.1. The summed E-state index contributed by atoms with van der Waals surface area (Å²) in [5.74, 6) is 1.22. The van der Waals surface area contributed by atoms with Crippen LogP contribution in [0.15, 0.2) is 24.4 Å². The molecule has 2 N–H and O–H groups in total. The van der Waals surface area contributed by atoms with Crippen molar-refractivity contribution in [2.24, 2.45) is 5.92 Å². The number of fused-ring (bicyclic) bond motifs is 4. The third-order valence-corrected chi connectivity index (χ3v) is 5.12. The van der Waals surface area contributed by atoms with Gasteiger partial charge in [-0.1, -0.05) is 0 Å². The van der Waals surface area contributed by atoms with Crippen molar-refractivity contribution in [2.45, 2.75) is 18.9 Å². The van der Waals surface area contributed by atoms with Crippen LogP contribution in [0, 0.1) is 5.92 Å². The maximum atomic E-state index is 12.9. The molecule has 1 amide bonds. The van der Waals surface area contributed by atoms with E-state index in [0.29, 0.717) is 17.2 Å². The number of ether oxygens (including phenoxy) is 1. The number of rotatable bonds is 3. The van der Waals surface area contributed by atoms with Gasteiger partial charge in [0.15, 0.2) is 0 Å². The first kappa shape index (κ1) is 13.6. The number of amides is 1. The van der Waals surface area contributed by atoms with Crippen LogP contribution in [0.2, 0.25) is 0 Å². The van der Waals surface area contributed by atoms with Gasteiger partial charge in [-0.3, -0.25) is 4.79 Å². The monoisotopic (exact) mass is 299 g/mol. The number of benzene rings is 1. The average Bonchev–Trinajstić information content (AvgIpc) is 3.03. The molecule has 1 atom stereocenters. The molecule has 3 fully saturated rings. The molecule has 22 heavy (non-hydrogen) atoms. The van der Waals surface area contributed by atoms with Gasteiger partial charge in [0.05, 0.1) is 12.7 Å². The standard InChI is InChI=1S/C17H21N3O2/c1-22-15-3-2-13-12(4-7-18-13)16(15)17(21)19-14-10-20-8-5-11(14)6-9-20/h2-4,7,11,14,18H,5-6,8-10H2,1H3,(H,19,21). The van der Waals surface area contributed by atoms with Crippen molar-refractivity contribution in [3.63, 3.8) is 0 Å². The van der Waals surface area contributed by atoms with Crippen molar-refractivity contribution in [3.05, 3.63) is 30.0 Å². The quantitative estimate of drug-likeness (QED) is 0.911. The maximum Gasteiger partial charge on any atom is 0.256 e.